The van der Waals surface area contributed by atoms with E-state index in [9.17, 15) is 19.5 Å². The fourth-order valence-corrected chi connectivity index (χ4v) is 4.29. The van der Waals surface area contributed by atoms with Crippen LogP contribution in [0.2, 0.25) is 0 Å². The first-order chi connectivity index (χ1) is 14.5. The summed E-state index contributed by atoms with van der Waals surface area (Å²) < 4.78 is 1.24. The molecule has 2 aromatic carbocycles. The molecule has 1 aromatic heterocycles. The minimum atomic E-state index is -1.75. The molecule has 1 saturated heterocycles. The van der Waals surface area contributed by atoms with Gasteiger partial charge in [0.05, 0.1) is 5.69 Å². The van der Waals surface area contributed by atoms with Crippen LogP contribution in [0.15, 0.2) is 53.3 Å². The summed E-state index contributed by atoms with van der Waals surface area (Å²) in [5, 5.41) is 14.7. The molecule has 2 aliphatic heterocycles. The third-order valence-electron chi connectivity index (χ3n) is 5.83. The summed E-state index contributed by atoms with van der Waals surface area (Å²) in [6, 6.07) is 14.2. The average molecular weight is 402 g/mol. The van der Waals surface area contributed by atoms with Crippen LogP contribution in [0.5, 0.6) is 0 Å². The first-order valence-corrected chi connectivity index (χ1v) is 9.74. The normalized spacial score (nSPS) is 19.2. The maximum atomic E-state index is 12.9. The highest BCUT2D eigenvalue weighted by Gasteiger charge is 2.58. The Bertz CT molecular complexity index is 1260. The molecule has 1 unspecified atom stereocenters. The Balaban J connectivity index is 1.83. The highest BCUT2D eigenvalue weighted by atomic mass is 16.4. The van der Waals surface area contributed by atoms with Gasteiger partial charge in [0.15, 0.2) is 11.5 Å². The minimum Gasteiger partial charge on any atom is -0.478 e. The SMILES string of the molecule is CCc1ccc(-c2nn3c(nc2=O)-c2ccccc2N2C(=O)CCC23C(=O)O)cc1. The predicted molar refractivity (Wildman–Crippen MR) is 109 cm³/mol. The van der Waals surface area contributed by atoms with Crippen molar-refractivity contribution in [3.63, 3.8) is 0 Å². The molecule has 5 rings (SSSR count). The van der Waals surface area contributed by atoms with Crippen molar-refractivity contribution < 1.29 is 14.7 Å². The molecule has 0 spiro atoms. The molecule has 8 heteroatoms. The topological polar surface area (TPSA) is 105 Å². The third-order valence-corrected chi connectivity index (χ3v) is 5.83. The highest BCUT2D eigenvalue weighted by Crippen LogP contribution is 2.47. The van der Waals surface area contributed by atoms with Gasteiger partial charge in [0.25, 0.3) is 5.56 Å². The van der Waals surface area contributed by atoms with Gasteiger partial charge in [0, 0.05) is 24.0 Å². The van der Waals surface area contributed by atoms with Gasteiger partial charge in [-0.15, -0.1) is 0 Å². The Morgan fingerprint density at radius 3 is 2.57 bits per heavy atom. The molecule has 1 N–H and O–H groups in total. The third kappa shape index (κ3) is 2.30. The zero-order valence-corrected chi connectivity index (χ0v) is 16.2. The number of aromatic nitrogens is 3. The number of carboxylic acid groups (broad SMARTS) is 1. The number of carbonyl (C=O) groups excluding carboxylic acids is 1. The molecule has 30 heavy (non-hydrogen) atoms. The van der Waals surface area contributed by atoms with Crippen LogP contribution in [-0.4, -0.2) is 31.7 Å². The van der Waals surface area contributed by atoms with Crippen LogP contribution >= 0.6 is 0 Å². The number of fused-ring (bicyclic) bond motifs is 6. The molecule has 3 heterocycles. The summed E-state index contributed by atoms with van der Waals surface area (Å²) in [6.45, 7) is 2.03. The van der Waals surface area contributed by atoms with E-state index in [0.29, 0.717) is 16.8 Å². The van der Waals surface area contributed by atoms with Crippen molar-refractivity contribution in [1.82, 2.24) is 14.8 Å². The van der Waals surface area contributed by atoms with Gasteiger partial charge < -0.3 is 5.11 Å². The van der Waals surface area contributed by atoms with E-state index in [2.05, 4.69) is 10.1 Å². The minimum absolute atomic E-state index is 0.0360. The van der Waals surface area contributed by atoms with Crippen LogP contribution in [0.3, 0.4) is 0 Å². The lowest BCUT2D eigenvalue weighted by Crippen LogP contribution is -2.58. The molecular formula is C22H18N4O4. The number of anilines is 1. The van der Waals surface area contributed by atoms with Gasteiger partial charge in [-0.25, -0.2) is 9.48 Å². The number of aliphatic carboxylic acids is 1. The number of hydrogen-bond donors (Lipinski definition) is 1. The molecule has 1 atom stereocenters. The van der Waals surface area contributed by atoms with E-state index >= 15 is 0 Å². The van der Waals surface area contributed by atoms with Crippen LogP contribution in [0, 0.1) is 0 Å². The molecule has 0 bridgehead atoms. The molecule has 0 radical (unpaired) electrons. The summed E-state index contributed by atoms with van der Waals surface area (Å²) in [6.07, 6.45) is 0.952. The average Bonchev–Trinajstić information content (AvgIpc) is 3.12. The van der Waals surface area contributed by atoms with Gasteiger partial charge in [0.1, 0.15) is 0 Å². The maximum absolute atomic E-state index is 12.9. The van der Waals surface area contributed by atoms with Crippen molar-refractivity contribution in [3.05, 3.63) is 64.4 Å². The van der Waals surface area contributed by atoms with E-state index in [1.807, 2.05) is 19.1 Å². The van der Waals surface area contributed by atoms with Crippen molar-refractivity contribution in [2.45, 2.75) is 31.8 Å². The van der Waals surface area contributed by atoms with E-state index in [0.717, 1.165) is 12.0 Å². The first kappa shape index (κ1) is 18.2. The largest absolute Gasteiger partial charge is 0.478 e. The number of nitrogens with zero attached hydrogens (tertiary/aromatic N) is 4. The predicted octanol–water partition coefficient (Wildman–Crippen LogP) is 2.41. The zero-order valence-electron chi connectivity index (χ0n) is 16.2. The smallest absolute Gasteiger partial charge is 0.353 e. The fraction of sp³-hybridized carbons (Fsp3) is 0.227. The Kier molecular flexibility index (Phi) is 3.86. The monoisotopic (exact) mass is 402 g/mol. The van der Waals surface area contributed by atoms with E-state index in [4.69, 9.17) is 0 Å². The van der Waals surface area contributed by atoms with Crippen LogP contribution in [0.1, 0.15) is 25.3 Å². The van der Waals surface area contributed by atoms with Gasteiger partial charge in [-0.1, -0.05) is 43.3 Å². The van der Waals surface area contributed by atoms with E-state index in [1.165, 1.54) is 9.58 Å². The van der Waals surface area contributed by atoms with Crippen molar-refractivity contribution in [2.75, 3.05) is 4.90 Å². The molecule has 3 aromatic rings. The molecule has 1 fully saturated rings. The van der Waals surface area contributed by atoms with Crippen molar-refractivity contribution in [3.8, 4) is 22.6 Å². The summed E-state index contributed by atoms with van der Waals surface area (Å²) in [4.78, 5) is 43.6. The molecule has 0 aliphatic carbocycles. The summed E-state index contributed by atoms with van der Waals surface area (Å²) >= 11 is 0. The lowest BCUT2D eigenvalue weighted by Gasteiger charge is -2.41. The van der Waals surface area contributed by atoms with E-state index in [1.54, 1.807) is 36.4 Å². The second kappa shape index (κ2) is 6.35. The second-order valence-electron chi connectivity index (χ2n) is 7.42. The lowest BCUT2D eigenvalue weighted by molar-refractivity contribution is -0.148. The first-order valence-electron chi connectivity index (χ1n) is 9.74. The Morgan fingerprint density at radius 1 is 1.13 bits per heavy atom. The number of amides is 1. The number of benzene rings is 2. The van der Waals surface area contributed by atoms with Crippen molar-refractivity contribution in [1.29, 1.82) is 0 Å². The molecule has 150 valence electrons. The van der Waals surface area contributed by atoms with Gasteiger partial charge in [-0.2, -0.15) is 10.1 Å². The zero-order chi connectivity index (χ0) is 21.0. The molecule has 8 nitrogen and oxygen atoms in total. The van der Waals surface area contributed by atoms with E-state index < -0.39 is 17.2 Å². The van der Waals surface area contributed by atoms with Crippen LogP contribution in [0.4, 0.5) is 5.69 Å². The van der Waals surface area contributed by atoms with Crippen molar-refractivity contribution >= 4 is 17.6 Å². The van der Waals surface area contributed by atoms with Crippen LogP contribution < -0.4 is 10.5 Å². The quantitative estimate of drug-likeness (QED) is 0.721. The molecule has 2 aliphatic rings. The molecular weight excluding hydrogens is 384 g/mol. The fourth-order valence-electron chi connectivity index (χ4n) is 4.29. The van der Waals surface area contributed by atoms with Gasteiger partial charge in [0.2, 0.25) is 11.6 Å². The number of carbonyl (C=O) groups is 2. The second-order valence-corrected chi connectivity index (χ2v) is 7.42. The number of para-hydroxylation sites is 1. The van der Waals surface area contributed by atoms with Gasteiger partial charge in [-0.05, 0) is 24.1 Å². The molecule has 0 saturated carbocycles. The van der Waals surface area contributed by atoms with E-state index in [-0.39, 0.29) is 30.3 Å². The number of hydrogen-bond acceptors (Lipinski definition) is 5. The van der Waals surface area contributed by atoms with Crippen LogP contribution in [0.25, 0.3) is 22.6 Å². The number of carboxylic acids is 1. The number of aryl methyl sites for hydroxylation is 1. The summed E-state index contributed by atoms with van der Waals surface area (Å²) in [7, 11) is 0. The highest BCUT2D eigenvalue weighted by molar-refractivity contribution is 6.07. The molecule has 1 amide bonds. The van der Waals surface area contributed by atoms with Crippen LogP contribution in [-0.2, 0) is 21.7 Å². The summed E-state index contributed by atoms with van der Waals surface area (Å²) in [5.41, 5.74) is 0.348. The maximum Gasteiger partial charge on any atom is 0.353 e. The number of rotatable bonds is 3. The Labute approximate surface area is 171 Å². The van der Waals surface area contributed by atoms with Gasteiger partial charge >= 0.3 is 5.97 Å². The summed E-state index contributed by atoms with van der Waals surface area (Å²) in [5.74, 6) is -1.36. The standard InChI is InChI=1S/C22H18N4O4/c1-2-13-7-9-14(10-8-13)18-20(28)23-19-15-5-3-4-6-16(15)25-17(27)11-12-22(25,21(29)30)26(19)24-18/h3-10H,2,11-12H2,1H3,(H,29,30). The van der Waals surface area contributed by atoms with Gasteiger partial charge in [-0.3, -0.25) is 14.5 Å². The van der Waals surface area contributed by atoms with Crippen molar-refractivity contribution in [2.24, 2.45) is 0 Å². The lowest BCUT2D eigenvalue weighted by atomic mass is 10.00. The Hall–Kier alpha value is -3.81. The Morgan fingerprint density at radius 2 is 1.87 bits per heavy atom.